The van der Waals surface area contributed by atoms with Gasteiger partial charge in [-0.15, -0.1) is 11.3 Å². The van der Waals surface area contributed by atoms with Crippen molar-refractivity contribution < 1.29 is 9.59 Å². The summed E-state index contributed by atoms with van der Waals surface area (Å²) in [5.41, 5.74) is 0.360. The summed E-state index contributed by atoms with van der Waals surface area (Å²) in [5.74, 6) is -0.0684. The lowest BCUT2D eigenvalue weighted by molar-refractivity contribution is -0.132. The topological polar surface area (TPSA) is 65.5 Å². The average Bonchev–Trinajstić information content (AvgIpc) is 3.23. The molecule has 3 amide bonds. The van der Waals surface area contributed by atoms with Crippen molar-refractivity contribution in [2.45, 2.75) is 37.8 Å². The number of para-hydroxylation sites is 1. The Labute approximate surface area is 144 Å². The molecule has 1 spiro atoms. The first-order valence-electron chi connectivity index (χ1n) is 8.24. The molecular formula is C17H20N4O2S. The van der Waals surface area contributed by atoms with E-state index in [4.69, 9.17) is 0 Å². The van der Waals surface area contributed by atoms with Gasteiger partial charge in [0.1, 0.15) is 10.5 Å². The van der Waals surface area contributed by atoms with Gasteiger partial charge in [0.25, 0.3) is 5.91 Å². The second-order valence-electron chi connectivity index (χ2n) is 6.68. The van der Waals surface area contributed by atoms with Gasteiger partial charge in [-0.1, -0.05) is 25.0 Å². The first-order valence-corrected chi connectivity index (χ1v) is 9.06. The normalized spacial score (nSPS) is 19.8. The zero-order valence-electron chi connectivity index (χ0n) is 13.6. The maximum Gasteiger partial charge on any atom is 0.326 e. The van der Waals surface area contributed by atoms with Crippen LogP contribution >= 0.6 is 11.3 Å². The molecule has 0 unspecified atom stereocenters. The summed E-state index contributed by atoms with van der Waals surface area (Å²) < 4.78 is 1.15. The van der Waals surface area contributed by atoms with Crippen molar-refractivity contribution in [1.82, 2.24) is 20.1 Å². The molecule has 126 valence electrons. The highest BCUT2D eigenvalue weighted by Crippen LogP contribution is 2.35. The van der Waals surface area contributed by atoms with Crippen LogP contribution in [0.5, 0.6) is 0 Å². The predicted molar refractivity (Wildman–Crippen MR) is 92.5 cm³/mol. The molecule has 2 aromatic rings. The molecule has 0 bridgehead atoms. The number of rotatable bonds is 4. The third-order valence-corrected chi connectivity index (χ3v) is 5.85. The number of carbonyl (C=O) groups is 2. The number of nitrogens with one attached hydrogen (secondary N) is 1. The van der Waals surface area contributed by atoms with Crippen LogP contribution in [0.1, 0.15) is 30.7 Å². The number of thiazole rings is 1. The van der Waals surface area contributed by atoms with Crippen molar-refractivity contribution in [1.29, 1.82) is 0 Å². The quantitative estimate of drug-likeness (QED) is 0.866. The molecule has 1 aliphatic heterocycles. The van der Waals surface area contributed by atoms with Gasteiger partial charge in [-0.2, -0.15) is 0 Å². The van der Waals surface area contributed by atoms with Crippen molar-refractivity contribution in [3.8, 4) is 0 Å². The smallest absolute Gasteiger partial charge is 0.323 e. The van der Waals surface area contributed by atoms with Crippen LogP contribution in [0.25, 0.3) is 10.2 Å². The molecule has 1 N–H and O–H groups in total. The van der Waals surface area contributed by atoms with Gasteiger partial charge in [-0.05, 0) is 32.0 Å². The molecule has 2 heterocycles. The van der Waals surface area contributed by atoms with E-state index in [0.29, 0.717) is 13.2 Å². The number of fused-ring (bicyclic) bond motifs is 1. The second-order valence-corrected chi connectivity index (χ2v) is 7.80. The van der Waals surface area contributed by atoms with E-state index < -0.39 is 5.54 Å². The molecular weight excluding hydrogens is 324 g/mol. The van der Waals surface area contributed by atoms with Crippen molar-refractivity contribution in [2.75, 3.05) is 13.7 Å². The summed E-state index contributed by atoms with van der Waals surface area (Å²) >= 11 is 1.65. The van der Waals surface area contributed by atoms with Gasteiger partial charge in [0.15, 0.2) is 0 Å². The lowest BCUT2D eigenvalue weighted by atomic mass is 9.98. The minimum Gasteiger partial charge on any atom is -0.323 e. The molecule has 6 nitrogen and oxygen atoms in total. The van der Waals surface area contributed by atoms with Gasteiger partial charge < -0.3 is 5.32 Å². The van der Waals surface area contributed by atoms with E-state index >= 15 is 0 Å². The Hall–Kier alpha value is -1.99. The lowest BCUT2D eigenvalue weighted by Gasteiger charge is -2.23. The van der Waals surface area contributed by atoms with Gasteiger partial charge in [-0.25, -0.2) is 14.7 Å². The Morgan fingerprint density at radius 3 is 2.79 bits per heavy atom. The van der Waals surface area contributed by atoms with E-state index in [1.54, 1.807) is 11.3 Å². The minimum absolute atomic E-state index is 0.0684. The van der Waals surface area contributed by atoms with Gasteiger partial charge in [-0.3, -0.25) is 9.69 Å². The van der Waals surface area contributed by atoms with E-state index in [1.807, 2.05) is 30.1 Å². The van der Waals surface area contributed by atoms with E-state index in [-0.39, 0.29) is 11.9 Å². The largest absolute Gasteiger partial charge is 0.326 e. The fourth-order valence-corrected chi connectivity index (χ4v) is 4.68. The summed E-state index contributed by atoms with van der Waals surface area (Å²) in [6.07, 6.45) is 3.52. The number of hydrogen-bond acceptors (Lipinski definition) is 5. The molecule has 24 heavy (non-hydrogen) atoms. The number of nitrogens with zero attached hydrogens (tertiary/aromatic N) is 3. The fourth-order valence-electron chi connectivity index (χ4n) is 3.63. The van der Waals surface area contributed by atoms with Crippen molar-refractivity contribution in [3.05, 3.63) is 29.3 Å². The van der Waals surface area contributed by atoms with Crippen LogP contribution in [-0.2, 0) is 11.3 Å². The molecule has 1 aromatic heterocycles. The molecule has 4 rings (SSSR count). The number of carbonyl (C=O) groups excluding carboxylic acids is 2. The van der Waals surface area contributed by atoms with Crippen molar-refractivity contribution >= 4 is 33.5 Å². The first-order chi connectivity index (χ1) is 11.6. The Bertz CT molecular complexity index is 764. The Morgan fingerprint density at radius 2 is 2.04 bits per heavy atom. The van der Waals surface area contributed by atoms with Gasteiger partial charge >= 0.3 is 6.03 Å². The molecule has 7 heteroatoms. The van der Waals surface area contributed by atoms with Crippen LogP contribution in [0.15, 0.2) is 24.3 Å². The third kappa shape index (κ3) is 2.57. The van der Waals surface area contributed by atoms with Crippen molar-refractivity contribution in [3.63, 3.8) is 0 Å². The van der Waals surface area contributed by atoms with E-state index in [9.17, 15) is 9.59 Å². The summed E-state index contributed by atoms with van der Waals surface area (Å²) in [6.45, 7) is 0.908. The van der Waals surface area contributed by atoms with Crippen LogP contribution in [0.3, 0.4) is 0 Å². The number of aromatic nitrogens is 1. The zero-order valence-corrected chi connectivity index (χ0v) is 14.4. The highest BCUT2D eigenvalue weighted by atomic mass is 32.1. The number of imide groups is 1. The monoisotopic (exact) mass is 344 g/mol. The molecule has 0 radical (unpaired) electrons. The summed E-state index contributed by atoms with van der Waals surface area (Å²) in [5, 5.41) is 3.90. The molecule has 0 atom stereocenters. The van der Waals surface area contributed by atoms with Crippen LogP contribution in [-0.4, -0.2) is 46.0 Å². The minimum atomic E-state index is -0.631. The average molecular weight is 344 g/mol. The summed E-state index contributed by atoms with van der Waals surface area (Å²) in [4.78, 5) is 32.8. The molecule has 1 saturated carbocycles. The Balaban J connectivity index is 1.45. The van der Waals surface area contributed by atoms with Gasteiger partial charge in [0, 0.05) is 0 Å². The number of amides is 3. The maximum atomic E-state index is 12.7. The lowest BCUT2D eigenvalue weighted by Crippen LogP contribution is -2.45. The van der Waals surface area contributed by atoms with Crippen LogP contribution in [0.4, 0.5) is 4.79 Å². The van der Waals surface area contributed by atoms with Crippen LogP contribution < -0.4 is 5.32 Å². The first kappa shape index (κ1) is 15.5. The van der Waals surface area contributed by atoms with Gasteiger partial charge in [0.2, 0.25) is 0 Å². The summed E-state index contributed by atoms with van der Waals surface area (Å²) in [6, 6.07) is 7.76. The Morgan fingerprint density at radius 1 is 1.29 bits per heavy atom. The van der Waals surface area contributed by atoms with E-state index in [2.05, 4.69) is 16.4 Å². The molecule has 2 fully saturated rings. The number of hydrogen-bond donors (Lipinski definition) is 1. The number of benzene rings is 1. The third-order valence-electron chi connectivity index (χ3n) is 4.83. The van der Waals surface area contributed by atoms with E-state index in [1.165, 1.54) is 4.90 Å². The predicted octanol–water partition coefficient (Wildman–Crippen LogP) is 2.55. The van der Waals surface area contributed by atoms with Crippen LogP contribution in [0.2, 0.25) is 0 Å². The molecule has 2 aliphatic rings. The number of urea groups is 1. The van der Waals surface area contributed by atoms with Crippen molar-refractivity contribution in [2.24, 2.45) is 0 Å². The highest BCUT2D eigenvalue weighted by Gasteiger charge is 2.52. The molecule has 1 aromatic carbocycles. The molecule has 1 aliphatic carbocycles. The van der Waals surface area contributed by atoms with Crippen LogP contribution in [0, 0.1) is 0 Å². The standard InChI is InChI=1S/C17H20N4O2S/c1-20(10-14-18-12-6-2-3-7-13(12)24-14)11-21-15(22)17(19-16(21)23)8-4-5-9-17/h2-3,6-7H,4-5,8-11H2,1H3,(H,19,23). The fraction of sp³-hybridized carbons (Fsp3) is 0.471. The zero-order chi connectivity index (χ0) is 16.7. The SMILES string of the molecule is CN(Cc1nc2ccccc2s1)CN1C(=O)NC2(CCCC2)C1=O. The summed E-state index contributed by atoms with van der Waals surface area (Å²) in [7, 11) is 1.91. The van der Waals surface area contributed by atoms with Gasteiger partial charge in [0.05, 0.1) is 23.4 Å². The Kier molecular flexibility index (Phi) is 3.77. The highest BCUT2D eigenvalue weighted by molar-refractivity contribution is 7.18. The maximum absolute atomic E-state index is 12.7. The van der Waals surface area contributed by atoms with E-state index in [0.717, 1.165) is 40.9 Å². The second kappa shape index (κ2) is 5.82. The molecule has 1 saturated heterocycles.